The second kappa shape index (κ2) is 9.93. The fourth-order valence-electron chi connectivity index (χ4n) is 3.37. The Labute approximate surface area is 198 Å². The van der Waals surface area contributed by atoms with E-state index in [4.69, 9.17) is 9.15 Å². The van der Waals surface area contributed by atoms with Crippen LogP contribution >= 0.6 is 0 Å². The van der Waals surface area contributed by atoms with Gasteiger partial charge in [0.25, 0.3) is 5.91 Å². The van der Waals surface area contributed by atoms with Crippen LogP contribution in [0.1, 0.15) is 27.4 Å². The number of oxazole rings is 1. The predicted octanol–water partition coefficient (Wildman–Crippen LogP) is 4.56. The average molecular weight is 477 g/mol. The SMILES string of the molecule is COc1ccc(CNC(=O)c2ccc(-c3nc(CS(=O)(=O)c4ccccc4)c(C)o3)cc2)cc1. The van der Waals surface area contributed by atoms with Gasteiger partial charge in [-0.05, 0) is 61.0 Å². The number of rotatable bonds is 8. The van der Waals surface area contributed by atoms with E-state index in [0.29, 0.717) is 35.0 Å². The van der Waals surface area contributed by atoms with Gasteiger partial charge >= 0.3 is 0 Å². The second-order valence-corrected chi connectivity index (χ2v) is 9.69. The molecule has 1 heterocycles. The summed E-state index contributed by atoms with van der Waals surface area (Å²) in [6.45, 7) is 2.08. The molecule has 0 spiro atoms. The first-order chi connectivity index (χ1) is 16.4. The van der Waals surface area contributed by atoms with Crippen LogP contribution in [0.4, 0.5) is 0 Å². The summed E-state index contributed by atoms with van der Waals surface area (Å²) in [6.07, 6.45) is 0. The molecule has 174 valence electrons. The molecule has 0 unspecified atom stereocenters. The fraction of sp³-hybridized carbons (Fsp3) is 0.154. The Morgan fingerprint density at radius 1 is 0.971 bits per heavy atom. The molecule has 0 saturated heterocycles. The zero-order chi connectivity index (χ0) is 24.1. The third kappa shape index (κ3) is 5.35. The number of hydrogen-bond donors (Lipinski definition) is 1. The molecule has 3 aromatic carbocycles. The number of hydrogen-bond acceptors (Lipinski definition) is 6. The van der Waals surface area contributed by atoms with E-state index >= 15 is 0 Å². The van der Waals surface area contributed by atoms with Gasteiger partial charge in [0.05, 0.1) is 17.7 Å². The Bertz CT molecular complexity index is 1380. The summed E-state index contributed by atoms with van der Waals surface area (Å²) in [7, 11) is -1.93. The normalized spacial score (nSPS) is 11.2. The summed E-state index contributed by atoms with van der Waals surface area (Å²) in [5.41, 5.74) is 2.46. The van der Waals surface area contributed by atoms with Crippen molar-refractivity contribution in [3.8, 4) is 17.2 Å². The lowest BCUT2D eigenvalue weighted by Gasteiger charge is -2.07. The van der Waals surface area contributed by atoms with Gasteiger partial charge in [-0.25, -0.2) is 13.4 Å². The molecular weight excluding hydrogens is 452 g/mol. The number of carbonyl (C=O) groups is 1. The Hall–Kier alpha value is -3.91. The molecule has 0 saturated carbocycles. The van der Waals surface area contributed by atoms with Crippen LogP contribution in [0.25, 0.3) is 11.5 Å². The number of nitrogens with zero attached hydrogens (tertiary/aromatic N) is 1. The number of carbonyl (C=O) groups excluding carboxylic acids is 1. The standard InChI is InChI=1S/C26H24N2O5S/c1-18-24(17-34(30,31)23-6-4-3-5-7-23)28-26(33-18)21-12-10-20(11-13-21)25(29)27-16-19-8-14-22(32-2)15-9-19/h3-15H,16-17H2,1-2H3,(H,27,29). The summed E-state index contributed by atoms with van der Waals surface area (Å²) in [4.78, 5) is 17.1. The first-order valence-corrected chi connectivity index (χ1v) is 12.3. The minimum absolute atomic E-state index is 0.208. The van der Waals surface area contributed by atoms with Gasteiger partial charge in [-0.1, -0.05) is 30.3 Å². The smallest absolute Gasteiger partial charge is 0.251 e. The quantitative estimate of drug-likeness (QED) is 0.400. The molecule has 0 bridgehead atoms. The van der Waals surface area contributed by atoms with Crippen molar-refractivity contribution in [1.29, 1.82) is 0 Å². The van der Waals surface area contributed by atoms with Crippen molar-refractivity contribution in [3.63, 3.8) is 0 Å². The highest BCUT2D eigenvalue weighted by atomic mass is 32.2. The van der Waals surface area contributed by atoms with E-state index in [1.165, 1.54) is 0 Å². The maximum Gasteiger partial charge on any atom is 0.251 e. The number of amides is 1. The van der Waals surface area contributed by atoms with Crippen LogP contribution in [-0.2, 0) is 22.1 Å². The maximum atomic E-state index is 12.7. The molecule has 4 rings (SSSR count). The van der Waals surface area contributed by atoms with Crippen LogP contribution in [0.3, 0.4) is 0 Å². The molecule has 1 aromatic heterocycles. The van der Waals surface area contributed by atoms with E-state index < -0.39 is 9.84 Å². The third-order valence-corrected chi connectivity index (χ3v) is 6.97. The number of methoxy groups -OCH3 is 1. The minimum atomic E-state index is -3.54. The van der Waals surface area contributed by atoms with E-state index in [2.05, 4.69) is 10.3 Å². The van der Waals surface area contributed by atoms with Crippen LogP contribution < -0.4 is 10.1 Å². The van der Waals surface area contributed by atoms with Gasteiger partial charge in [0.2, 0.25) is 5.89 Å². The summed E-state index contributed by atoms with van der Waals surface area (Å²) >= 11 is 0. The lowest BCUT2D eigenvalue weighted by atomic mass is 10.1. The lowest BCUT2D eigenvalue weighted by molar-refractivity contribution is 0.0951. The first kappa shape index (κ1) is 23.3. The van der Waals surface area contributed by atoms with Gasteiger partial charge in [-0.3, -0.25) is 4.79 Å². The highest BCUT2D eigenvalue weighted by molar-refractivity contribution is 7.90. The van der Waals surface area contributed by atoms with Crippen molar-refractivity contribution in [2.24, 2.45) is 0 Å². The number of aromatic nitrogens is 1. The van der Waals surface area contributed by atoms with E-state index in [9.17, 15) is 13.2 Å². The molecular formula is C26H24N2O5S. The topological polar surface area (TPSA) is 98.5 Å². The summed E-state index contributed by atoms with van der Waals surface area (Å²) < 4.78 is 36.2. The van der Waals surface area contributed by atoms with Crippen molar-refractivity contribution in [2.75, 3.05) is 7.11 Å². The predicted molar refractivity (Wildman–Crippen MR) is 128 cm³/mol. The zero-order valence-corrected chi connectivity index (χ0v) is 19.6. The average Bonchev–Trinajstić information content (AvgIpc) is 3.22. The number of nitrogens with one attached hydrogen (secondary N) is 1. The molecule has 34 heavy (non-hydrogen) atoms. The molecule has 0 aliphatic rings. The molecule has 1 N–H and O–H groups in total. The molecule has 0 fully saturated rings. The number of benzene rings is 3. The molecule has 0 aliphatic heterocycles. The van der Waals surface area contributed by atoms with Gasteiger partial charge in [0, 0.05) is 17.7 Å². The highest BCUT2D eigenvalue weighted by Crippen LogP contribution is 2.25. The summed E-state index contributed by atoms with van der Waals surface area (Å²) in [5, 5.41) is 2.88. The van der Waals surface area contributed by atoms with E-state index in [1.807, 2.05) is 24.3 Å². The van der Waals surface area contributed by atoms with Crippen molar-refractivity contribution in [1.82, 2.24) is 10.3 Å². The maximum absolute atomic E-state index is 12.7. The van der Waals surface area contributed by atoms with E-state index in [-0.39, 0.29) is 16.6 Å². The van der Waals surface area contributed by atoms with Crippen LogP contribution in [-0.4, -0.2) is 26.4 Å². The van der Waals surface area contributed by atoms with Gasteiger partial charge in [0.15, 0.2) is 9.84 Å². The second-order valence-electron chi connectivity index (χ2n) is 7.70. The van der Waals surface area contributed by atoms with Crippen molar-refractivity contribution >= 4 is 15.7 Å². The largest absolute Gasteiger partial charge is 0.497 e. The molecule has 7 nitrogen and oxygen atoms in total. The Balaban J connectivity index is 1.43. The zero-order valence-electron chi connectivity index (χ0n) is 18.8. The van der Waals surface area contributed by atoms with Gasteiger partial charge in [0.1, 0.15) is 17.3 Å². The molecule has 8 heteroatoms. The van der Waals surface area contributed by atoms with Gasteiger partial charge < -0.3 is 14.5 Å². The molecule has 1 amide bonds. The Kier molecular flexibility index (Phi) is 6.79. The molecule has 0 aliphatic carbocycles. The van der Waals surface area contributed by atoms with Crippen LogP contribution in [0.2, 0.25) is 0 Å². The van der Waals surface area contributed by atoms with Gasteiger partial charge in [-0.2, -0.15) is 0 Å². The highest BCUT2D eigenvalue weighted by Gasteiger charge is 2.21. The minimum Gasteiger partial charge on any atom is -0.497 e. The molecule has 0 atom stereocenters. The van der Waals surface area contributed by atoms with Crippen molar-refractivity contribution in [2.45, 2.75) is 24.1 Å². The van der Waals surface area contributed by atoms with Gasteiger partial charge in [-0.15, -0.1) is 0 Å². The van der Waals surface area contributed by atoms with E-state index in [1.54, 1.807) is 68.6 Å². The summed E-state index contributed by atoms with van der Waals surface area (Å²) in [5.74, 6) is 1.05. The van der Waals surface area contributed by atoms with Crippen molar-refractivity contribution < 1.29 is 22.4 Å². The molecule has 4 aromatic rings. The number of aryl methyl sites for hydroxylation is 1. The third-order valence-electron chi connectivity index (χ3n) is 5.33. The number of sulfone groups is 1. The molecule has 0 radical (unpaired) electrons. The first-order valence-electron chi connectivity index (χ1n) is 10.6. The van der Waals surface area contributed by atoms with Crippen molar-refractivity contribution in [3.05, 3.63) is 101 Å². The van der Waals surface area contributed by atoms with Crippen LogP contribution in [0.15, 0.2) is 88.2 Å². The Morgan fingerprint density at radius 2 is 1.65 bits per heavy atom. The lowest BCUT2D eigenvalue weighted by Crippen LogP contribution is -2.22. The fourth-order valence-corrected chi connectivity index (χ4v) is 4.73. The van der Waals surface area contributed by atoms with E-state index in [0.717, 1.165) is 11.3 Å². The number of ether oxygens (including phenoxy) is 1. The van der Waals surface area contributed by atoms with Crippen LogP contribution in [0, 0.1) is 6.92 Å². The Morgan fingerprint density at radius 3 is 2.29 bits per heavy atom. The monoisotopic (exact) mass is 476 g/mol. The summed E-state index contributed by atoms with van der Waals surface area (Å²) in [6, 6.07) is 22.5. The van der Waals surface area contributed by atoms with Crippen LogP contribution in [0.5, 0.6) is 5.75 Å².